The molecule has 3 nitrogen and oxygen atoms in total. The summed E-state index contributed by atoms with van der Waals surface area (Å²) in [5.74, 6) is 0.00856. The molecular formula is C17H20N2OS. The molecule has 0 radical (unpaired) electrons. The molecule has 1 heterocycles. The zero-order valence-corrected chi connectivity index (χ0v) is 13.2. The minimum Gasteiger partial charge on any atom is -0.308 e. The van der Waals surface area contributed by atoms with Crippen LogP contribution in [0.25, 0.3) is 6.08 Å². The Balaban J connectivity index is 2.12. The molecule has 0 bridgehead atoms. The summed E-state index contributed by atoms with van der Waals surface area (Å²) in [6, 6.07) is 11.8. The van der Waals surface area contributed by atoms with Crippen molar-refractivity contribution in [1.29, 1.82) is 0 Å². The molecule has 0 saturated carbocycles. The number of nitrogens with zero attached hydrogens (tertiary/aromatic N) is 2. The number of amides is 1. The Kier molecular flexibility index (Phi) is 5.72. The molecule has 110 valence electrons. The normalized spacial score (nSPS) is 11.2. The van der Waals surface area contributed by atoms with Crippen LogP contribution >= 0.6 is 11.3 Å². The summed E-state index contributed by atoms with van der Waals surface area (Å²) in [5.41, 5.74) is 1.99. The fourth-order valence-corrected chi connectivity index (χ4v) is 2.53. The third kappa shape index (κ3) is 4.85. The molecule has 1 aromatic carbocycles. The van der Waals surface area contributed by atoms with E-state index in [1.54, 1.807) is 17.4 Å². The molecule has 0 aliphatic heterocycles. The summed E-state index contributed by atoms with van der Waals surface area (Å²) >= 11 is 1.63. The van der Waals surface area contributed by atoms with Gasteiger partial charge in [0.15, 0.2) is 0 Å². The van der Waals surface area contributed by atoms with Crippen molar-refractivity contribution < 1.29 is 4.79 Å². The van der Waals surface area contributed by atoms with Crippen LogP contribution in [-0.2, 0) is 4.79 Å². The Hall–Kier alpha value is -1.91. The molecule has 0 N–H and O–H groups in total. The molecule has 0 aliphatic carbocycles. The lowest BCUT2D eigenvalue weighted by molar-refractivity contribution is -0.114. The smallest absolute Gasteiger partial charge is 0.251 e. The SMILES string of the molecule is CN(C)CCN(C(=O)C=Cc1ccsc1)c1ccccc1. The first-order valence-corrected chi connectivity index (χ1v) is 7.82. The molecule has 2 rings (SSSR count). The fourth-order valence-electron chi connectivity index (χ4n) is 1.90. The molecular weight excluding hydrogens is 280 g/mol. The average molecular weight is 300 g/mol. The Labute approximate surface area is 130 Å². The number of carbonyl (C=O) groups excluding carboxylic acids is 1. The van der Waals surface area contributed by atoms with Crippen molar-refractivity contribution in [3.8, 4) is 0 Å². The van der Waals surface area contributed by atoms with Gasteiger partial charge in [-0.1, -0.05) is 18.2 Å². The van der Waals surface area contributed by atoms with E-state index in [0.717, 1.165) is 17.8 Å². The van der Waals surface area contributed by atoms with E-state index in [2.05, 4.69) is 4.90 Å². The lowest BCUT2D eigenvalue weighted by Gasteiger charge is -2.23. The summed E-state index contributed by atoms with van der Waals surface area (Å²) in [7, 11) is 4.02. The van der Waals surface area contributed by atoms with Gasteiger partial charge in [-0.25, -0.2) is 0 Å². The van der Waals surface area contributed by atoms with Crippen LogP contribution in [0.2, 0.25) is 0 Å². The molecule has 4 heteroatoms. The number of para-hydroxylation sites is 1. The molecule has 0 saturated heterocycles. The van der Waals surface area contributed by atoms with Crippen LogP contribution in [0.1, 0.15) is 5.56 Å². The third-order valence-corrected chi connectivity index (χ3v) is 3.77. The Morgan fingerprint density at radius 3 is 2.52 bits per heavy atom. The minimum absolute atomic E-state index is 0.00856. The largest absolute Gasteiger partial charge is 0.308 e. The number of hydrogen-bond donors (Lipinski definition) is 0. The van der Waals surface area contributed by atoms with E-state index < -0.39 is 0 Å². The quantitative estimate of drug-likeness (QED) is 0.764. The summed E-state index contributed by atoms with van der Waals surface area (Å²) in [6.07, 6.45) is 3.51. The van der Waals surface area contributed by atoms with Crippen LogP contribution in [0.5, 0.6) is 0 Å². The number of carbonyl (C=O) groups is 1. The maximum absolute atomic E-state index is 12.5. The monoisotopic (exact) mass is 300 g/mol. The first-order chi connectivity index (χ1) is 10.2. The van der Waals surface area contributed by atoms with Gasteiger partial charge in [-0.3, -0.25) is 4.79 Å². The van der Waals surface area contributed by atoms with Gasteiger partial charge in [0.1, 0.15) is 0 Å². The van der Waals surface area contributed by atoms with Gasteiger partial charge in [0.25, 0.3) is 5.91 Å². The number of hydrogen-bond acceptors (Lipinski definition) is 3. The van der Waals surface area contributed by atoms with Crippen LogP contribution < -0.4 is 4.90 Å². The van der Waals surface area contributed by atoms with Crippen molar-refractivity contribution in [2.75, 3.05) is 32.1 Å². The van der Waals surface area contributed by atoms with Crippen LogP contribution in [-0.4, -0.2) is 38.0 Å². The van der Waals surface area contributed by atoms with Gasteiger partial charge in [-0.05, 0) is 54.7 Å². The third-order valence-electron chi connectivity index (χ3n) is 3.07. The predicted octanol–water partition coefficient (Wildman–Crippen LogP) is 3.36. The number of anilines is 1. The number of benzene rings is 1. The molecule has 0 fully saturated rings. The first kappa shape index (κ1) is 15.5. The maximum Gasteiger partial charge on any atom is 0.251 e. The second-order valence-electron chi connectivity index (χ2n) is 5.02. The van der Waals surface area contributed by atoms with E-state index in [1.807, 2.05) is 72.2 Å². The lowest BCUT2D eigenvalue weighted by Crippen LogP contribution is -2.35. The zero-order valence-electron chi connectivity index (χ0n) is 12.4. The standard InChI is InChI=1S/C17H20N2OS/c1-18(2)11-12-19(16-6-4-3-5-7-16)17(20)9-8-15-10-13-21-14-15/h3-10,13-14H,11-12H2,1-2H3. The van der Waals surface area contributed by atoms with Crippen molar-refractivity contribution >= 4 is 29.0 Å². The molecule has 1 aromatic heterocycles. The Morgan fingerprint density at radius 2 is 1.90 bits per heavy atom. The van der Waals surface area contributed by atoms with E-state index in [9.17, 15) is 4.79 Å². The Bertz CT molecular complexity index is 576. The highest BCUT2D eigenvalue weighted by Crippen LogP contribution is 2.15. The van der Waals surface area contributed by atoms with Crippen molar-refractivity contribution in [3.05, 3.63) is 58.8 Å². The summed E-state index contributed by atoms with van der Waals surface area (Å²) in [6.45, 7) is 1.50. The van der Waals surface area contributed by atoms with Crippen molar-refractivity contribution in [1.82, 2.24) is 4.90 Å². The number of rotatable bonds is 6. The molecule has 0 atom stereocenters. The molecule has 2 aromatic rings. The van der Waals surface area contributed by atoms with Gasteiger partial charge in [0, 0.05) is 24.9 Å². The minimum atomic E-state index is 0.00856. The van der Waals surface area contributed by atoms with Gasteiger partial charge in [-0.15, -0.1) is 0 Å². The summed E-state index contributed by atoms with van der Waals surface area (Å²) in [4.78, 5) is 16.4. The van der Waals surface area contributed by atoms with Gasteiger partial charge >= 0.3 is 0 Å². The van der Waals surface area contributed by atoms with Crippen molar-refractivity contribution in [3.63, 3.8) is 0 Å². The van der Waals surface area contributed by atoms with Gasteiger partial charge in [0.2, 0.25) is 0 Å². The molecule has 21 heavy (non-hydrogen) atoms. The maximum atomic E-state index is 12.5. The highest BCUT2D eigenvalue weighted by molar-refractivity contribution is 7.08. The van der Waals surface area contributed by atoms with E-state index in [-0.39, 0.29) is 5.91 Å². The van der Waals surface area contributed by atoms with Gasteiger partial charge in [0.05, 0.1) is 0 Å². The molecule has 1 amide bonds. The molecule has 0 unspecified atom stereocenters. The first-order valence-electron chi connectivity index (χ1n) is 6.88. The topological polar surface area (TPSA) is 23.6 Å². The second kappa shape index (κ2) is 7.76. The number of thiophene rings is 1. The fraction of sp³-hybridized carbons (Fsp3) is 0.235. The van der Waals surface area contributed by atoms with Crippen LogP contribution in [0.4, 0.5) is 5.69 Å². The lowest BCUT2D eigenvalue weighted by atomic mass is 10.2. The predicted molar refractivity (Wildman–Crippen MR) is 90.7 cm³/mol. The van der Waals surface area contributed by atoms with Gasteiger partial charge < -0.3 is 9.80 Å². The zero-order chi connectivity index (χ0) is 15.1. The van der Waals surface area contributed by atoms with Crippen molar-refractivity contribution in [2.24, 2.45) is 0 Å². The molecule has 0 spiro atoms. The highest BCUT2D eigenvalue weighted by atomic mass is 32.1. The second-order valence-corrected chi connectivity index (χ2v) is 5.80. The van der Waals surface area contributed by atoms with Crippen LogP contribution in [0.15, 0.2) is 53.2 Å². The van der Waals surface area contributed by atoms with E-state index >= 15 is 0 Å². The van der Waals surface area contributed by atoms with Gasteiger partial charge in [-0.2, -0.15) is 11.3 Å². The van der Waals surface area contributed by atoms with E-state index in [1.165, 1.54) is 0 Å². The van der Waals surface area contributed by atoms with Crippen LogP contribution in [0, 0.1) is 0 Å². The van der Waals surface area contributed by atoms with E-state index in [4.69, 9.17) is 0 Å². The summed E-state index contributed by atoms with van der Waals surface area (Å²) < 4.78 is 0. The molecule has 0 aliphatic rings. The number of likely N-dealkylation sites (N-methyl/N-ethyl adjacent to an activating group) is 1. The van der Waals surface area contributed by atoms with E-state index in [0.29, 0.717) is 6.54 Å². The Morgan fingerprint density at radius 1 is 1.14 bits per heavy atom. The van der Waals surface area contributed by atoms with Crippen molar-refractivity contribution in [2.45, 2.75) is 0 Å². The summed E-state index contributed by atoms with van der Waals surface area (Å²) in [5, 5.41) is 4.03. The average Bonchev–Trinajstić information content (AvgIpc) is 2.99. The van der Waals surface area contributed by atoms with Crippen LogP contribution in [0.3, 0.4) is 0 Å². The highest BCUT2D eigenvalue weighted by Gasteiger charge is 2.12.